The predicted molar refractivity (Wildman–Crippen MR) is 130 cm³/mol. The van der Waals surface area contributed by atoms with Gasteiger partial charge in [-0.2, -0.15) is 5.10 Å². The highest BCUT2D eigenvalue weighted by molar-refractivity contribution is 5.90. The fourth-order valence-corrected chi connectivity index (χ4v) is 4.42. The summed E-state index contributed by atoms with van der Waals surface area (Å²) in [5, 5.41) is 33.1. The molecular weight excluding hydrogens is 444 g/mol. The van der Waals surface area contributed by atoms with Crippen molar-refractivity contribution < 1.29 is 19.8 Å². The molecule has 4 aromatic rings. The third-order valence-corrected chi connectivity index (χ3v) is 6.19. The number of carboxylic acids is 1. The maximum Gasteiger partial charge on any atom is 0.335 e. The minimum absolute atomic E-state index is 0.110. The molecule has 174 valence electrons. The molecule has 1 aromatic heterocycles. The van der Waals surface area contributed by atoms with Crippen LogP contribution in [0.3, 0.4) is 0 Å². The van der Waals surface area contributed by atoms with E-state index in [1.54, 1.807) is 41.9 Å². The highest BCUT2D eigenvalue weighted by Crippen LogP contribution is 2.39. The van der Waals surface area contributed by atoms with Crippen molar-refractivity contribution >= 4 is 23.6 Å². The monoisotopic (exact) mass is 466 g/mol. The van der Waals surface area contributed by atoms with E-state index >= 15 is 0 Å². The van der Waals surface area contributed by atoms with E-state index in [1.165, 1.54) is 23.3 Å². The Hall–Kier alpha value is -4.59. The number of aromatic carboxylic acids is 1. The number of para-hydroxylation sites is 1. The van der Waals surface area contributed by atoms with Crippen LogP contribution in [-0.4, -0.2) is 32.2 Å². The van der Waals surface area contributed by atoms with Gasteiger partial charge in [0.25, 0.3) is 0 Å². The van der Waals surface area contributed by atoms with E-state index in [9.17, 15) is 19.8 Å². The van der Waals surface area contributed by atoms with Crippen molar-refractivity contribution in [3.63, 3.8) is 0 Å². The molecule has 1 aliphatic carbocycles. The van der Waals surface area contributed by atoms with E-state index in [1.807, 2.05) is 6.07 Å². The smallest absolute Gasteiger partial charge is 0.335 e. The fraction of sp³-hybridized carbons (Fsp3) is 0.148. The van der Waals surface area contributed by atoms with Gasteiger partial charge in [-0.15, -0.1) is 10.2 Å². The van der Waals surface area contributed by atoms with E-state index in [2.05, 4.69) is 27.5 Å². The molecule has 0 unspecified atom stereocenters. The molecule has 0 radical (unpaired) electrons. The summed E-state index contributed by atoms with van der Waals surface area (Å²) in [7, 11) is 0. The second-order valence-electron chi connectivity index (χ2n) is 8.41. The number of phenols is 1. The molecule has 1 aliphatic rings. The molecule has 0 bridgehead atoms. The number of aromatic nitrogens is 2. The van der Waals surface area contributed by atoms with Gasteiger partial charge >= 0.3 is 5.97 Å². The number of hydrogen-bond acceptors (Lipinski definition) is 6. The highest BCUT2D eigenvalue weighted by atomic mass is 16.4. The molecule has 8 nitrogen and oxygen atoms in total. The van der Waals surface area contributed by atoms with Crippen LogP contribution in [0.15, 0.2) is 70.9 Å². The molecule has 8 heteroatoms. The van der Waals surface area contributed by atoms with Gasteiger partial charge in [0.15, 0.2) is 12.0 Å². The van der Waals surface area contributed by atoms with E-state index < -0.39 is 5.97 Å². The molecular formula is C27H22N4O4. The molecule has 0 fully saturated rings. The van der Waals surface area contributed by atoms with Crippen molar-refractivity contribution in [3.05, 3.63) is 88.7 Å². The fourth-order valence-electron chi connectivity index (χ4n) is 4.42. The Morgan fingerprint density at radius 2 is 1.83 bits per heavy atom. The molecule has 0 saturated heterocycles. The lowest BCUT2D eigenvalue weighted by Gasteiger charge is -2.08. The lowest BCUT2D eigenvalue weighted by atomic mass is 10.0. The first-order valence-corrected chi connectivity index (χ1v) is 11.2. The Balaban J connectivity index is 1.51. The first-order chi connectivity index (χ1) is 17.0. The Morgan fingerprint density at radius 3 is 2.63 bits per heavy atom. The van der Waals surface area contributed by atoms with Crippen LogP contribution in [-0.2, 0) is 12.8 Å². The molecule has 3 aromatic carbocycles. The van der Waals surface area contributed by atoms with Gasteiger partial charge in [-0.25, -0.2) is 9.48 Å². The summed E-state index contributed by atoms with van der Waals surface area (Å²) in [6, 6.07) is 17.3. The summed E-state index contributed by atoms with van der Waals surface area (Å²) in [6.45, 7) is 1.75. The first kappa shape index (κ1) is 22.2. The van der Waals surface area contributed by atoms with E-state index in [-0.39, 0.29) is 22.7 Å². The quantitative estimate of drug-likeness (QED) is 0.268. The van der Waals surface area contributed by atoms with E-state index in [0.717, 1.165) is 24.9 Å². The van der Waals surface area contributed by atoms with Crippen molar-refractivity contribution in [2.45, 2.75) is 26.2 Å². The number of carboxylic acid groups (broad SMARTS) is 1. The molecule has 1 heterocycles. The summed E-state index contributed by atoms with van der Waals surface area (Å²) < 4.78 is 1.57. The maximum atomic E-state index is 12.0. The van der Waals surface area contributed by atoms with Gasteiger partial charge < -0.3 is 10.2 Å². The third-order valence-electron chi connectivity index (χ3n) is 6.19. The number of phenolic OH excluding ortho intramolecular Hbond substituents is 1. The van der Waals surface area contributed by atoms with Gasteiger partial charge in [-0.05, 0) is 73.2 Å². The molecule has 0 amide bonds. The number of aryl methyl sites for hydroxylation is 3. The number of azo groups is 1. The van der Waals surface area contributed by atoms with E-state index in [4.69, 9.17) is 0 Å². The molecule has 5 rings (SSSR count). The summed E-state index contributed by atoms with van der Waals surface area (Å²) in [5.74, 6) is -1.20. The van der Waals surface area contributed by atoms with Crippen molar-refractivity contribution in [2.75, 3.05) is 0 Å². The predicted octanol–water partition coefficient (Wildman–Crippen LogP) is 5.97. The Kier molecular flexibility index (Phi) is 5.70. The summed E-state index contributed by atoms with van der Waals surface area (Å²) in [4.78, 5) is 23.3. The zero-order valence-electron chi connectivity index (χ0n) is 19.0. The Bertz CT molecular complexity index is 1500. The van der Waals surface area contributed by atoms with Crippen molar-refractivity contribution in [1.82, 2.24) is 9.78 Å². The third kappa shape index (κ3) is 4.10. The first-order valence-electron chi connectivity index (χ1n) is 11.2. The number of benzene rings is 3. The minimum Gasteiger partial charge on any atom is -0.505 e. The summed E-state index contributed by atoms with van der Waals surface area (Å²) in [5.41, 5.74) is 5.76. The lowest BCUT2D eigenvalue weighted by Crippen LogP contribution is -2.02. The summed E-state index contributed by atoms with van der Waals surface area (Å²) >= 11 is 0. The molecule has 0 atom stereocenters. The number of carbonyl (C=O) groups is 2. The van der Waals surface area contributed by atoms with Gasteiger partial charge in [0.1, 0.15) is 17.1 Å². The number of nitrogens with zero attached hydrogens (tertiary/aromatic N) is 4. The van der Waals surface area contributed by atoms with Crippen molar-refractivity contribution in [3.8, 4) is 22.6 Å². The van der Waals surface area contributed by atoms with Crippen LogP contribution >= 0.6 is 0 Å². The molecule has 35 heavy (non-hydrogen) atoms. The van der Waals surface area contributed by atoms with Crippen LogP contribution in [0, 0.1) is 6.92 Å². The average molecular weight is 466 g/mol. The second kappa shape index (κ2) is 8.98. The van der Waals surface area contributed by atoms with Crippen LogP contribution in [0.4, 0.5) is 11.4 Å². The Labute approximate surface area is 201 Å². The van der Waals surface area contributed by atoms with Crippen LogP contribution in [0.25, 0.3) is 16.8 Å². The number of hydrogen-bond donors (Lipinski definition) is 2. The SMILES string of the molecule is Cc1nn(-c2ccc3c(c2)CCC3)c(C=O)c1N=Nc1cccc(-c2cccc(C(=O)O)c2)c1O. The Morgan fingerprint density at radius 1 is 1.03 bits per heavy atom. The normalized spacial score (nSPS) is 12.7. The molecule has 0 aliphatic heterocycles. The maximum absolute atomic E-state index is 12.0. The lowest BCUT2D eigenvalue weighted by molar-refractivity contribution is 0.0696. The largest absolute Gasteiger partial charge is 0.505 e. The topological polar surface area (TPSA) is 117 Å². The highest BCUT2D eigenvalue weighted by Gasteiger charge is 2.19. The van der Waals surface area contributed by atoms with Gasteiger partial charge in [0.05, 0.1) is 16.9 Å². The zero-order chi connectivity index (χ0) is 24.5. The van der Waals surface area contributed by atoms with Gasteiger partial charge in [0.2, 0.25) is 0 Å². The van der Waals surface area contributed by atoms with Crippen LogP contribution in [0.1, 0.15) is 44.1 Å². The van der Waals surface area contributed by atoms with Gasteiger partial charge in [-0.1, -0.05) is 30.3 Å². The van der Waals surface area contributed by atoms with E-state index in [0.29, 0.717) is 28.8 Å². The second-order valence-corrected chi connectivity index (χ2v) is 8.41. The molecule has 0 spiro atoms. The number of fused-ring (bicyclic) bond motifs is 1. The standard InChI is InChI=1S/C27H22N4O4/c1-16-25(24(15-32)31(30-16)21-12-11-17-5-2-6-18(17)14-21)29-28-23-10-4-9-22(26(23)33)19-7-3-8-20(13-19)27(34)35/h3-4,7-15,33H,2,5-6H2,1H3,(H,34,35). The van der Waals surface area contributed by atoms with Crippen LogP contribution < -0.4 is 0 Å². The molecule has 0 saturated carbocycles. The van der Waals surface area contributed by atoms with Crippen LogP contribution in [0.5, 0.6) is 5.75 Å². The van der Waals surface area contributed by atoms with Gasteiger partial charge in [0, 0.05) is 5.56 Å². The minimum atomic E-state index is -1.06. The number of aldehydes is 1. The number of rotatable bonds is 6. The number of aromatic hydroxyl groups is 1. The van der Waals surface area contributed by atoms with Gasteiger partial charge in [-0.3, -0.25) is 4.79 Å². The number of carbonyl (C=O) groups excluding carboxylic acids is 1. The zero-order valence-corrected chi connectivity index (χ0v) is 19.0. The molecule has 2 N–H and O–H groups in total. The van der Waals surface area contributed by atoms with Crippen molar-refractivity contribution in [1.29, 1.82) is 0 Å². The van der Waals surface area contributed by atoms with Crippen molar-refractivity contribution in [2.24, 2.45) is 10.2 Å². The van der Waals surface area contributed by atoms with Crippen LogP contribution in [0.2, 0.25) is 0 Å². The average Bonchev–Trinajstić information content (AvgIpc) is 3.46. The summed E-state index contributed by atoms with van der Waals surface area (Å²) in [6.07, 6.45) is 3.91.